The molecule has 0 unspecified atom stereocenters. The Morgan fingerprint density at radius 2 is 2.04 bits per heavy atom. The van der Waals surface area contributed by atoms with Crippen LogP contribution in [0.4, 0.5) is 0 Å². The van der Waals surface area contributed by atoms with E-state index in [9.17, 15) is 5.11 Å². The van der Waals surface area contributed by atoms with E-state index in [1.165, 1.54) is 12.8 Å². The third kappa shape index (κ3) is 7.69. The highest BCUT2D eigenvalue weighted by molar-refractivity contribution is 7.51. The van der Waals surface area contributed by atoms with E-state index in [0.717, 1.165) is 31.0 Å². The molecule has 2 rings (SSSR count). The Labute approximate surface area is 141 Å². The molecule has 1 atom stereocenters. The maximum absolute atomic E-state index is 9.95. The molecule has 130 valence electrons. The maximum atomic E-state index is 9.95. The smallest absolute Gasteiger partial charge is 0.335 e. The number of aliphatic hydroxyl groups excluding tert-OH is 1. The minimum Gasteiger partial charge on any atom is -0.493 e. The highest BCUT2D eigenvalue weighted by atomic mass is 32.1. The fourth-order valence-corrected chi connectivity index (χ4v) is 2.58. The second kappa shape index (κ2) is 11.3. The third-order valence-electron chi connectivity index (χ3n) is 4.01. The summed E-state index contributed by atoms with van der Waals surface area (Å²) >= 11 is -0.750. The van der Waals surface area contributed by atoms with Crippen molar-refractivity contribution in [3.8, 4) is 5.75 Å². The van der Waals surface area contributed by atoms with Crippen LogP contribution in [-0.2, 0) is 11.6 Å². The number of hydrogen-bond acceptors (Lipinski definition) is 6. The van der Waals surface area contributed by atoms with E-state index in [2.05, 4.69) is 11.9 Å². The van der Waals surface area contributed by atoms with Crippen LogP contribution in [0.3, 0.4) is 0 Å². The van der Waals surface area contributed by atoms with E-state index in [0.29, 0.717) is 18.9 Å². The Morgan fingerprint density at radius 3 is 2.65 bits per heavy atom. The van der Waals surface area contributed by atoms with Gasteiger partial charge in [0.15, 0.2) is 0 Å². The predicted octanol–water partition coefficient (Wildman–Crippen LogP) is 1.12. The lowest BCUT2D eigenvalue weighted by molar-refractivity contribution is 0.157. The molecule has 1 aromatic carbocycles. The predicted molar refractivity (Wildman–Crippen MR) is 89.7 cm³/mol. The summed E-state index contributed by atoms with van der Waals surface area (Å²) in [6, 6.07) is 7.73. The van der Waals surface area contributed by atoms with Crippen LogP contribution in [0.15, 0.2) is 24.3 Å². The van der Waals surface area contributed by atoms with Crippen molar-refractivity contribution in [2.24, 2.45) is 11.7 Å². The van der Waals surface area contributed by atoms with Gasteiger partial charge < -0.3 is 20.5 Å². The topological polar surface area (TPSA) is 92.9 Å². The second-order valence-electron chi connectivity index (χ2n) is 5.79. The summed E-state index contributed by atoms with van der Waals surface area (Å²) in [5, 5.41) is 9.95. The van der Waals surface area contributed by atoms with E-state index in [1.54, 1.807) is 0 Å². The molecule has 6 nitrogen and oxygen atoms in total. The van der Waals surface area contributed by atoms with Gasteiger partial charge in [-0.1, -0.05) is 12.1 Å². The van der Waals surface area contributed by atoms with Crippen molar-refractivity contribution >= 4 is 11.6 Å². The first kappa shape index (κ1) is 19.8. The molecule has 1 fully saturated rings. The quantitative estimate of drug-likeness (QED) is 0.805. The molecule has 0 bridgehead atoms. The molecule has 23 heavy (non-hydrogen) atoms. The molecule has 0 amide bonds. The van der Waals surface area contributed by atoms with Gasteiger partial charge in [-0.25, -0.2) is 0 Å². The van der Waals surface area contributed by atoms with Gasteiger partial charge in [-0.05, 0) is 69.6 Å². The van der Waals surface area contributed by atoms with Crippen LogP contribution >= 0.6 is 0 Å². The lowest BCUT2D eigenvalue weighted by atomic mass is 9.98. The van der Waals surface area contributed by atoms with Crippen LogP contribution in [0.5, 0.6) is 5.75 Å². The molecule has 1 aliphatic heterocycles. The van der Waals surface area contributed by atoms with Crippen LogP contribution in [0.1, 0.15) is 30.9 Å². The molecule has 1 saturated heterocycles. The highest BCUT2D eigenvalue weighted by Crippen LogP contribution is 2.23. The molecular formula is C16H26N2O4S. The number of likely N-dealkylation sites (tertiary alicyclic amines) is 1. The molecule has 0 aliphatic carbocycles. The molecule has 0 saturated carbocycles. The van der Waals surface area contributed by atoms with E-state index in [4.69, 9.17) is 18.9 Å². The summed E-state index contributed by atoms with van der Waals surface area (Å²) < 4.78 is 22.5. The largest absolute Gasteiger partial charge is 0.493 e. The van der Waals surface area contributed by atoms with Gasteiger partial charge in [0.05, 0.1) is 12.7 Å². The monoisotopic (exact) mass is 342 g/mol. The molecule has 0 aromatic heterocycles. The minimum atomic E-state index is -0.750. The Balaban J connectivity index is 0.000000816. The Morgan fingerprint density at radius 1 is 1.39 bits per heavy atom. The average molecular weight is 342 g/mol. The second-order valence-corrected chi connectivity index (χ2v) is 5.93. The van der Waals surface area contributed by atoms with Gasteiger partial charge >= 0.3 is 11.6 Å². The van der Waals surface area contributed by atoms with Gasteiger partial charge in [-0.2, -0.15) is 8.42 Å². The number of hydrogen-bond donors (Lipinski definition) is 2. The standard InChI is InChI=1S/C16H26N2O2.O2S/c1-18-9-6-13(7-10-18)12-20-15-4-2-3-14(11-15)16(19)5-8-17;1-3-2/h2-4,11,13,16,19H,5-10,12,17H2,1H3;/t16-;/m1./s1. The van der Waals surface area contributed by atoms with E-state index in [-0.39, 0.29) is 0 Å². The molecule has 1 heterocycles. The number of aliphatic hydroxyl groups is 1. The normalized spacial score (nSPS) is 17.0. The van der Waals surface area contributed by atoms with Gasteiger partial charge in [0.25, 0.3) is 0 Å². The zero-order chi connectivity index (χ0) is 17.1. The van der Waals surface area contributed by atoms with Crippen LogP contribution in [0.2, 0.25) is 0 Å². The van der Waals surface area contributed by atoms with Crippen LogP contribution in [-0.4, -0.2) is 51.7 Å². The first-order valence-corrected chi connectivity index (χ1v) is 8.48. The fraction of sp³-hybridized carbons (Fsp3) is 0.625. The fourth-order valence-electron chi connectivity index (χ4n) is 2.58. The van der Waals surface area contributed by atoms with E-state index < -0.39 is 17.7 Å². The number of nitrogens with zero attached hydrogens (tertiary/aromatic N) is 1. The first-order valence-electron chi connectivity index (χ1n) is 7.82. The number of nitrogens with two attached hydrogens (primary N) is 1. The number of rotatable bonds is 6. The van der Waals surface area contributed by atoms with Crippen molar-refractivity contribution in [1.82, 2.24) is 4.90 Å². The molecule has 0 spiro atoms. The lowest BCUT2D eigenvalue weighted by Gasteiger charge is -2.28. The third-order valence-corrected chi connectivity index (χ3v) is 4.01. The first-order chi connectivity index (χ1) is 11.1. The van der Waals surface area contributed by atoms with Crippen molar-refractivity contribution in [2.75, 3.05) is 33.3 Å². The van der Waals surface area contributed by atoms with Crippen molar-refractivity contribution < 1.29 is 18.3 Å². The van der Waals surface area contributed by atoms with E-state index >= 15 is 0 Å². The zero-order valence-corrected chi connectivity index (χ0v) is 14.3. The lowest BCUT2D eigenvalue weighted by Crippen LogP contribution is -2.32. The Hall–Kier alpha value is -1.28. The number of piperidine rings is 1. The summed E-state index contributed by atoms with van der Waals surface area (Å²) in [5.41, 5.74) is 6.36. The van der Waals surface area contributed by atoms with Crippen molar-refractivity contribution in [3.05, 3.63) is 29.8 Å². The SMILES string of the molecule is CN1CCC(COc2cccc([C@H](O)CCN)c2)CC1.O=S=O. The average Bonchev–Trinajstić information content (AvgIpc) is 2.56. The molecular weight excluding hydrogens is 316 g/mol. The summed E-state index contributed by atoms with van der Waals surface area (Å²) in [6.07, 6.45) is 2.49. The van der Waals surface area contributed by atoms with Crippen LogP contribution in [0.25, 0.3) is 0 Å². The highest BCUT2D eigenvalue weighted by Gasteiger charge is 2.17. The van der Waals surface area contributed by atoms with Gasteiger partial charge in [-0.3, -0.25) is 0 Å². The Kier molecular flexibility index (Phi) is 9.70. The molecule has 0 radical (unpaired) electrons. The van der Waals surface area contributed by atoms with Crippen molar-refractivity contribution in [2.45, 2.75) is 25.4 Å². The summed E-state index contributed by atoms with van der Waals surface area (Å²) in [7, 11) is 2.17. The zero-order valence-electron chi connectivity index (χ0n) is 13.5. The summed E-state index contributed by atoms with van der Waals surface area (Å²) in [4.78, 5) is 2.36. The van der Waals surface area contributed by atoms with Gasteiger partial charge in [-0.15, -0.1) is 0 Å². The van der Waals surface area contributed by atoms with Crippen molar-refractivity contribution in [3.63, 3.8) is 0 Å². The maximum Gasteiger partial charge on any atom is 0.335 e. The number of ether oxygens (including phenoxy) is 1. The molecule has 3 N–H and O–H groups in total. The summed E-state index contributed by atoms with van der Waals surface area (Å²) in [5.74, 6) is 1.49. The van der Waals surface area contributed by atoms with Gasteiger partial charge in [0.1, 0.15) is 5.75 Å². The van der Waals surface area contributed by atoms with Crippen LogP contribution < -0.4 is 10.5 Å². The van der Waals surface area contributed by atoms with Crippen LogP contribution in [0, 0.1) is 5.92 Å². The Bertz CT molecular complexity index is 487. The summed E-state index contributed by atoms with van der Waals surface area (Å²) in [6.45, 7) is 3.57. The van der Waals surface area contributed by atoms with E-state index in [1.807, 2.05) is 24.3 Å². The van der Waals surface area contributed by atoms with Crippen molar-refractivity contribution in [1.29, 1.82) is 0 Å². The molecule has 7 heteroatoms. The van der Waals surface area contributed by atoms with Gasteiger partial charge in [0, 0.05) is 0 Å². The molecule has 1 aliphatic rings. The minimum absolute atomic E-state index is 0.488. The molecule has 1 aromatic rings. The van der Waals surface area contributed by atoms with Gasteiger partial charge in [0.2, 0.25) is 0 Å². The number of benzene rings is 1.